The fourth-order valence-corrected chi connectivity index (χ4v) is 1.44. The first-order chi connectivity index (χ1) is 6.58. The van der Waals surface area contributed by atoms with Crippen molar-refractivity contribution < 1.29 is 0 Å². The van der Waals surface area contributed by atoms with E-state index in [0.717, 1.165) is 5.69 Å². The summed E-state index contributed by atoms with van der Waals surface area (Å²) in [4.78, 5) is 7.96. The Kier molecular flexibility index (Phi) is 1.83. The van der Waals surface area contributed by atoms with Gasteiger partial charge in [0.15, 0.2) is 11.6 Å². The van der Waals surface area contributed by atoms with Gasteiger partial charge in [-0.1, -0.05) is 0 Å². The molecule has 0 radical (unpaired) electrons. The number of hydrogen-bond donors (Lipinski definition) is 4. The molecule has 0 aliphatic carbocycles. The Labute approximate surface area is 82.1 Å². The molecule has 0 aromatic carbocycles. The van der Waals surface area contributed by atoms with E-state index < -0.39 is 0 Å². The molecule has 1 aliphatic heterocycles. The fourth-order valence-electron chi connectivity index (χ4n) is 1.44. The lowest BCUT2D eigenvalue weighted by atomic mass is 10.1. The van der Waals surface area contributed by atoms with Crippen LogP contribution in [-0.4, -0.2) is 22.1 Å². The van der Waals surface area contributed by atoms with Crippen LogP contribution in [0, 0.1) is 0 Å². The molecular formula is C8H14N6. The summed E-state index contributed by atoms with van der Waals surface area (Å²) < 4.78 is 0. The second-order valence-corrected chi connectivity index (χ2v) is 3.56. The van der Waals surface area contributed by atoms with Gasteiger partial charge in [-0.2, -0.15) is 9.97 Å². The third-order valence-corrected chi connectivity index (χ3v) is 2.44. The van der Waals surface area contributed by atoms with Crippen LogP contribution in [0.4, 0.5) is 23.3 Å². The first-order valence-corrected chi connectivity index (χ1v) is 4.54. The highest BCUT2D eigenvalue weighted by atomic mass is 15.2. The highest BCUT2D eigenvalue weighted by Crippen LogP contribution is 2.31. The molecule has 0 amide bonds. The Morgan fingerprint density at radius 2 is 1.71 bits per heavy atom. The number of hydrogen-bond acceptors (Lipinski definition) is 6. The number of nitrogens with zero attached hydrogens (tertiary/aromatic N) is 2. The molecule has 0 spiro atoms. The van der Waals surface area contributed by atoms with E-state index in [1.807, 2.05) is 0 Å². The summed E-state index contributed by atoms with van der Waals surface area (Å²) in [6.45, 7) is 4.13. The zero-order chi connectivity index (χ0) is 10.3. The van der Waals surface area contributed by atoms with E-state index in [-0.39, 0.29) is 18.0 Å². The Hall–Kier alpha value is -1.72. The van der Waals surface area contributed by atoms with Gasteiger partial charge in [-0.25, -0.2) is 0 Å². The molecule has 1 aromatic heterocycles. The lowest BCUT2D eigenvalue weighted by Gasteiger charge is -2.31. The second kappa shape index (κ2) is 2.90. The van der Waals surface area contributed by atoms with Gasteiger partial charge in [0.25, 0.3) is 0 Å². The van der Waals surface area contributed by atoms with Crippen LogP contribution in [0.3, 0.4) is 0 Å². The maximum Gasteiger partial charge on any atom is 0.224 e. The number of nitrogens with two attached hydrogens (primary N) is 2. The maximum absolute atomic E-state index is 5.72. The Balaban J connectivity index is 2.46. The Morgan fingerprint density at radius 3 is 2.43 bits per heavy atom. The van der Waals surface area contributed by atoms with Gasteiger partial charge >= 0.3 is 0 Å². The third-order valence-electron chi connectivity index (χ3n) is 2.44. The normalized spacial score (nSPS) is 24.7. The summed E-state index contributed by atoms with van der Waals surface area (Å²) in [5.41, 5.74) is 11.9. The molecule has 76 valence electrons. The van der Waals surface area contributed by atoms with Gasteiger partial charge in [-0.05, 0) is 13.8 Å². The molecule has 0 saturated carbocycles. The van der Waals surface area contributed by atoms with Crippen molar-refractivity contribution in [1.29, 1.82) is 0 Å². The highest BCUT2D eigenvalue weighted by Gasteiger charge is 2.23. The molecule has 6 N–H and O–H groups in total. The summed E-state index contributed by atoms with van der Waals surface area (Å²) in [5.74, 6) is 1.26. The summed E-state index contributed by atoms with van der Waals surface area (Å²) >= 11 is 0. The smallest absolute Gasteiger partial charge is 0.224 e. The van der Waals surface area contributed by atoms with Crippen molar-refractivity contribution in [3.63, 3.8) is 0 Å². The minimum Gasteiger partial charge on any atom is -0.382 e. The predicted octanol–water partition coefficient (Wildman–Crippen LogP) is 0.255. The molecule has 14 heavy (non-hydrogen) atoms. The minimum atomic E-state index is 0.192. The van der Waals surface area contributed by atoms with Crippen molar-refractivity contribution in [1.82, 2.24) is 9.97 Å². The van der Waals surface area contributed by atoms with Crippen LogP contribution in [0.2, 0.25) is 0 Å². The van der Waals surface area contributed by atoms with E-state index in [4.69, 9.17) is 11.5 Å². The molecule has 6 nitrogen and oxygen atoms in total. The van der Waals surface area contributed by atoms with E-state index in [1.165, 1.54) is 0 Å². The first kappa shape index (κ1) is 8.86. The molecule has 2 rings (SSSR count). The van der Waals surface area contributed by atoms with Crippen LogP contribution < -0.4 is 22.1 Å². The molecule has 0 fully saturated rings. The van der Waals surface area contributed by atoms with E-state index in [0.29, 0.717) is 11.6 Å². The lowest BCUT2D eigenvalue weighted by Crippen LogP contribution is -2.39. The molecule has 2 heterocycles. The minimum absolute atomic E-state index is 0.192. The van der Waals surface area contributed by atoms with Crippen molar-refractivity contribution >= 4 is 23.3 Å². The maximum atomic E-state index is 5.72. The average Bonchev–Trinajstić information content (AvgIpc) is 2.08. The van der Waals surface area contributed by atoms with Gasteiger partial charge in [0.05, 0.1) is 0 Å². The molecule has 1 aromatic rings. The monoisotopic (exact) mass is 194 g/mol. The zero-order valence-corrected chi connectivity index (χ0v) is 8.20. The van der Waals surface area contributed by atoms with Crippen LogP contribution in [0.5, 0.6) is 0 Å². The SMILES string of the molecule is CC1Nc2nc(N)nc(N)c2NC1C. The molecule has 0 bridgehead atoms. The molecule has 1 aliphatic rings. The van der Waals surface area contributed by atoms with Gasteiger partial charge < -0.3 is 22.1 Å². The van der Waals surface area contributed by atoms with E-state index in [1.54, 1.807) is 0 Å². The molecule has 2 atom stereocenters. The number of anilines is 4. The van der Waals surface area contributed by atoms with Gasteiger partial charge in [-0.15, -0.1) is 0 Å². The van der Waals surface area contributed by atoms with Crippen molar-refractivity contribution in [3.05, 3.63) is 0 Å². The fraction of sp³-hybridized carbons (Fsp3) is 0.500. The van der Waals surface area contributed by atoms with Crippen molar-refractivity contribution in [3.8, 4) is 0 Å². The lowest BCUT2D eigenvalue weighted by molar-refractivity contribution is 0.658. The summed E-state index contributed by atoms with van der Waals surface area (Å²) in [5, 5.41) is 6.45. The highest BCUT2D eigenvalue weighted by molar-refractivity contribution is 5.79. The van der Waals surface area contributed by atoms with Gasteiger partial charge in [0.2, 0.25) is 5.95 Å². The summed E-state index contributed by atoms with van der Waals surface area (Å²) in [7, 11) is 0. The number of nitrogens with one attached hydrogen (secondary N) is 2. The second-order valence-electron chi connectivity index (χ2n) is 3.56. The van der Waals surface area contributed by atoms with Crippen LogP contribution in [0.15, 0.2) is 0 Å². The Morgan fingerprint density at radius 1 is 1.07 bits per heavy atom. The van der Waals surface area contributed by atoms with Crippen LogP contribution >= 0.6 is 0 Å². The summed E-state index contributed by atoms with van der Waals surface area (Å²) in [6.07, 6.45) is 0. The van der Waals surface area contributed by atoms with Gasteiger partial charge in [0.1, 0.15) is 5.69 Å². The van der Waals surface area contributed by atoms with E-state index in [2.05, 4.69) is 34.4 Å². The number of rotatable bonds is 0. The summed E-state index contributed by atoms with van der Waals surface area (Å²) in [6, 6.07) is 0.577. The van der Waals surface area contributed by atoms with Crippen molar-refractivity contribution in [2.45, 2.75) is 25.9 Å². The van der Waals surface area contributed by atoms with Crippen molar-refractivity contribution in [2.24, 2.45) is 0 Å². The molecule has 2 unspecified atom stereocenters. The first-order valence-electron chi connectivity index (χ1n) is 4.54. The number of fused-ring (bicyclic) bond motifs is 1. The van der Waals surface area contributed by atoms with Gasteiger partial charge in [0, 0.05) is 12.1 Å². The quantitative estimate of drug-likeness (QED) is 0.472. The standard InChI is InChI=1S/C8H14N6/c1-3-4(2)12-7-5(11-3)6(9)13-8(10)14-7/h3-4,11H,1-2H3,(H5,9,10,12,13,14). The number of nitrogen functional groups attached to an aromatic ring is 2. The van der Waals surface area contributed by atoms with Crippen molar-refractivity contribution in [2.75, 3.05) is 22.1 Å². The van der Waals surface area contributed by atoms with Crippen LogP contribution in [0.25, 0.3) is 0 Å². The van der Waals surface area contributed by atoms with E-state index >= 15 is 0 Å². The van der Waals surface area contributed by atoms with E-state index in [9.17, 15) is 0 Å². The van der Waals surface area contributed by atoms with Crippen LogP contribution in [-0.2, 0) is 0 Å². The zero-order valence-electron chi connectivity index (χ0n) is 8.20. The van der Waals surface area contributed by atoms with Crippen LogP contribution in [0.1, 0.15) is 13.8 Å². The topological polar surface area (TPSA) is 102 Å². The molecule has 6 heteroatoms. The average molecular weight is 194 g/mol. The molecular weight excluding hydrogens is 180 g/mol. The largest absolute Gasteiger partial charge is 0.382 e. The number of aromatic nitrogens is 2. The third kappa shape index (κ3) is 1.28. The predicted molar refractivity (Wildman–Crippen MR) is 57.0 cm³/mol. The Bertz CT molecular complexity index is 363. The molecule has 0 saturated heterocycles. The van der Waals surface area contributed by atoms with Gasteiger partial charge in [-0.3, -0.25) is 0 Å².